The Morgan fingerprint density at radius 2 is 1.55 bits per heavy atom. The average Bonchev–Trinajstić information content (AvgIpc) is 2.79. The molecule has 3 rings (SSSR count). The Balaban J connectivity index is 1.56. The zero-order valence-corrected chi connectivity index (χ0v) is 18.5. The van der Waals surface area contributed by atoms with Gasteiger partial charge in [0.25, 0.3) is 0 Å². The minimum atomic E-state index is -0.709. The molecule has 1 fully saturated rings. The van der Waals surface area contributed by atoms with Gasteiger partial charge in [0, 0.05) is 37.6 Å². The van der Waals surface area contributed by atoms with E-state index in [9.17, 15) is 9.59 Å². The lowest BCUT2D eigenvalue weighted by Crippen LogP contribution is -2.44. The molecule has 0 bridgehead atoms. The number of hydrogen-bond donors (Lipinski definition) is 2. The van der Waals surface area contributed by atoms with Gasteiger partial charge >= 0.3 is 11.8 Å². The number of hydrogen-bond acceptors (Lipinski definition) is 6. The molecule has 2 aromatic rings. The van der Waals surface area contributed by atoms with Crippen molar-refractivity contribution in [2.24, 2.45) is 0 Å². The topological polar surface area (TPSA) is 83.1 Å². The number of nitrogens with zero attached hydrogens (tertiary/aromatic N) is 2. The summed E-state index contributed by atoms with van der Waals surface area (Å²) in [5, 5.41) is 5.37. The number of rotatable bonds is 6. The van der Waals surface area contributed by atoms with Crippen LogP contribution in [0.5, 0.6) is 11.5 Å². The van der Waals surface area contributed by atoms with Crippen LogP contribution in [0.2, 0.25) is 0 Å². The number of amides is 2. The van der Waals surface area contributed by atoms with Crippen LogP contribution < -0.4 is 25.0 Å². The Labute approximate surface area is 183 Å². The minimum absolute atomic E-state index is 0.377. The van der Waals surface area contributed by atoms with Gasteiger partial charge in [0.2, 0.25) is 0 Å². The summed E-state index contributed by atoms with van der Waals surface area (Å²) in [6.07, 6.45) is 0. The van der Waals surface area contributed by atoms with Crippen LogP contribution in [0.3, 0.4) is 0 Å². The zero-order valence-electron chi connectivity index (χ0n) is 18.5. The molecule has 8 heteroatoms. The molecule has 31 heavy (non-hydrogen) atoms. The van der Waals surface area contributed by atoms with Gasteiger partial charge in [-0.25, -0.2) is 0 Å². The van der Waals surface area contributed by atoms with Crippen LogP contribution in [0.25, 0.3) is 0 Å². The van der Waals surface area contributed by atoms with Crippen LogP contribution in [0.1, 0.15) is 18.5 Å². The van der Waals surface area contributed by atoms with Gasteiger partial charge in [-0.1, -0.05) is 6.07 Å². The number of nitrogens with one attached hydrogen (secondary N) is 2. The van der Waals surface area contributed by atoms with Crippen LogP contribution in [0, 0.1) is 0 Å². The molecule has 0 radical (unpaired) electrons. The lowest BCUT2D eigenvalue weighted by molar-refractivity contribution is -0.136. The molecule has 1 atom stereocenters. The highest BCUT2D eigenvalue weighted by Gasteiger charge is 2.19. The monoisotopic (exact) mass is 426 g/mol. The van der Waals surface area contributed by atoms with E-state index < -0.39 is 11.8 Å². The van der Waals surface area contributed by atoms with E-state index in [4.69, 9.17) is 9.47 Å². The van der Waals surface area contributed by atoms with Crippen LogP contribution in [0.4, 0.5) is 11.4 Å². The molecular weight excluding hydrogens is 396 g/mol. The smallest absolute Gasteiger partial charge is 0.313 e. The molecule has 2 aromatic carbocycles. The molecule has 2 amide bonds. The maximum absolute atomic E-state index is 12.4. The Bertz CT molecular complexity index is 908. The summed E-state index contributed by atoms with van der Waals surface area (Å²) in [7, 11) is 5.23. The largest absolute Gasteiger partial charge is 0.493 e. The Hall–Kier alpha value is -3.26. The molecule has 0 aromatic heterocycles. The number of likely N-dealkylation sites (N-methyl/N-ethyl adjacent to an activating group) is 1. The van der Waals surface area contributed by atoms with Gasteiger partial charge in [-0.2, -0.15) is 0 Å². The molecule has 1 unspecified atom stereocenters. The second kappa shape index (κ2) is 10.2. The quantitative estimate of drug-likeness (QED) is 0.690. The van der Waals surface area contributed by atoms with Gasteiger partial charge < -0.3 is 29.9 Å². The van der Waals surface area contributed by atoms with Crippen molar-refractivity contribution in [2.45, 2.75) is 13.0 Å². The number of piperazine rings is 1. The number of anilines is 2. The Morgan fingerprint density at radius 1 is 0.903 bits per heavy atom. The van der Waals surface area contributed by atoms with E-state index >= 15 is 0 Å². The second-order valence-corrected chi connectivity index (χ2v) is 7.60. The lowest BCUT2D eigenvalue weighted by Gasteiger charge is -2.34. The first-order valence-electron chi connectivity index (χ1n) is 10.3. The fraction of sp³-hybridized carbons (Fsp3) is 0.391. The Kier molecular flexibility index (Phi) is 7.36. The van der Waals surface area contributed by atoms with E-state index in [-0.39, 0.29) is 6.04 Å². The van der Waals surface area contributed by atoms with Crippen molar-refractivity contribution in [3.63, 3.8) is 0 Å². The first-order chi connectivity index (χ1) is 14.9. The highest BCUT2D eigenvalue weighted by atomic mass is 16.5. The van der Waals surface area contributed by atoms with Crippen molar-refractivity contribution < 1.29 is 19.1 Å². The van der Waals surface area contributed by atoms with Crippen molar-refractivity contribution in [1.29, 1.82) is 0 Å². The number of carbonyl (C=O) groups is 2. The maximum Gasteiger partial charge on any atom is 0.313 e. The van der Waals surface area contributed by atoms with E-state index in [0.29, 0.717) is 17.2 Å². The number of ether oxygens (including phenoxy) is 2. The van der Waals surface area contributed by atoms with E-state index in [1.807, 2.05) is 30.3 Å². The first-order valence-corrected chi connectivity index (χ1v) is 10.3. The molecule has 1 saturated heterocycles. The summed E-state index contributed by atoms with van der Waals surface area (Å²) in [5.74, 6) is -0.251. The summed E-state index contributed by atoms with van der Waals surface area (Å²) < 4.78 is 10.5. The molecule has 1 aliphatic rings. The third kappa shape index (κ3) is 5.67. The van der Waals surface area contributed by atoms with E-state index in [1.54, 1.807) is 33.3 Å². The SMILES string of the molecule is COc1ccc(C(C)NC(=O)C(=O)Nc2ccc(N3CCN(C)CC3)cc2)cc1OC. The predicted octanol–water partition coefficient (Wildman–Crippen LogP) is 2.27. The predicted molar refractivity (Wildman–Crippen MR) is 121 cm³/mol. The number of carbonyl (C=O) groups excluding carboxylic acids is 2. The third-order valence-corrected chi connectivity index (χ3v) is 5.46. The standard InChI is InChI=1S/C23H30N4O4/c1-16(17-5-10-20(30-3)21(15-17)31-4)24-22(28)23(29)25-18-6-8-19(9-7-18)27-13-11-26(2)12-14-27/h5-10,15-16H,11-14H2,1-4H3,(H,24,28)(H,25,29). The molecule has 0 spiro atoms. The van der Waals surface area contributed by atoms with Crippen molar-refractivity contribution >= 4 is 23.2 Å². The highest BCUT2D eigenvalue weighted by molar-refractivity contribution is 6.39. The van der Waals surface area contributed by atoms with Gasteiger partial charge in [0.15, 0.2) is 11.5 Å². The van der Waals surface area contributed by atoms with E-state index in [0.717, 1.165) is 37.4 Å². The molecule has 166 valence electrons. The maximum atomic E-state index is 12.4. The second-order valence-electron chi connectivity index (χ2n) is 7.60. The summed E-state index contributed by atoms with van der Waals surface area (Å²) in [5.41, 5.74) is 2.49. The normalized spacial score (nSPS) is 15.2. The molecule has 2 N–H and O–H groups in total. The van der Waals surface area contributed by atoms with Crippen molar-refractivity contribution in [3.05, 3.63) is 48.0 Å². The van der Waals surface area contributed by atoms with Gasteiger partial charge in [0.05, 0.1) is 20.3 Å². The molecule has 1 heterocycles. The van der Waals surface area contributed by atoms with Gasteiger partial charge in [0.1, 0.15) is 0 Å². The molecule has 0 aliphatic carbocycles. The first kappa shape index (κ1) is 22.4. The van der Waals surface area contributed by atoms with Crippen molar-refractivity contribution in [2.75, 3.05) is 57.7 Å². The number of benzene rings is 2. The molecule has 8 nitrogen and oxygen atoms in total. The summed E-state index contributed by atoms with van der Waals surface area (Å²) in [6.45, 7) is 5.79. The van der Waals surface area contributed by atoms with Gasteiger partial charge in [-0.05, 0) is 55.9 Å². The molecule has 1 aliphatic heterocycles. The third-order valence-electron chi connectivity index (χ3n) is 5.46. The Morgan fingerprint density at radius 3 is 2.16 bits per heavy atom. The van der Waals surface area contributed by atoms with Crippen LogP contribution in [-0.4, -0.2) is 64.2 Å². The van der Waals surface area contributed by atoms with E-state index in [2.05, 4.69) is 27.5 Å². The minimum Gasteiger partial charge on any atom is -0.493 e. The number of methoxy groups -OCH3 is 2. The lowest BCUT2D eigenvalue weighted by atomic mass is 10.1. The van der Waals surface area contributed by atoms with Crippen LogP contribution >= 0.6 is 0 Å². The fourth-order valence-electron chi connectivity index (χ4n) is 3.48. The average molecular weight is 427 g/mol. The van der Waals surface area contributed by atoms with Crippen LogP contribution in [-0.2, 0) is 9.59 Å². The van der Waals surface area contributed by atoms with Crippen molar-refractivity contribution in [1.82, 2.24) is 10.2 Å². The van der Waals surface area contributed by atoms with Gasteiger partial charge in [-0.15, -0.1) is 0 Å². The molecule has 0 saturated carbocycles. The molecular formula is C23H30N4O4. The van der Waals surface area contributed by atoms with Gasteiger partial charge in [-0.3, -0.25) is 9.59 Å². The zero-order chi connectivity index (χ0) is 22.4. The van der Waals surface area contributed by atoms with Crippen molar-refractivity contribution in [3.8, 4) is 11.5 Å². The van der Waals surface area contributed by atoms with E-state index in [1.165, 1.54) is 0 Å². The summed E-state index contributed by atoms with van der Waals surface area (Å²) in [4.78, 5) is 29.3. The summed E-state index contributed by atoms with van der Waals surface area (Å²) >= 11 is 0. The van der Waals surface area contributed by atoms with Crippen LogP contribution in [0.15, 0.2) is 42.5 Å². The summed E-state index contributed by atoms with van der Waals surface area (Å²) in [6, 6.07) is 12.5. The highest BCUT2D eigenvalue weighted by Crippen LogP contribution is 2.29. The fourth-order valence-corrected chi connectivity index (χ4v) is 3.48.